The number of carbonyl (C=O) groups excluding carboxylic acids is 1. The maximum Gasteiger partial charge on any atom is 0.335 e. The van der Waals surface area contributed by atoms with Crippen molar-refractivity contribution in [2.75, 3.05) is 19.8 Å². The van der Waals surface area contributed by atoms with Gasteiger partial charge >= 0.3 is 12.0 Å². The van der Waals surface area contributed by atoms with Crippen LogP contribution in [0.15, 0.2) is 24.3 Å². The summed E-state index contributed by atoms with van der Waals surface area (Å²) in [6.07, 6.45) is -0.120. The smallest absolute Gasteiger partial charge is 0.335 e. The number of hydrogen-bond donors (Lipinski definition) is 3. The molecule has 1 saturated heterocycles. The fourth-order valence-electron chi connectivity index (χ4n) is 2.21. The van der Waals surface area contributed by atoms with Gasteiger partial charge in [0.05, 0.1) is 24.8 Å². The molecule has 7 heteroatoms. The minimum atomic E-state index is -0.972. The van der Waals surface area contributed by atoms with E-state index in [-0.39, 0.29) is 23.7 Å². The molecule has 1 aromatic rings. The highest BCUT2D eigenvalue weighted by molar-refractivity contribution is 5.87. The minimum absolute atomic E-state index is 0.120. The minimum Gasteiger partial charge on any atom is -0.478 e. The summed E-state index contributed by atoms with van der Waals surface area (Å²) in [7, 11) is 0. The van der Waals surface area contributed by atoms with Crippen LogP contribution in [0.4, 0.5) is 4.79 Å². The maximum absolute atomic E-state index is 11.9. The van der Waals surface area contributed by atoms with Crippen molar-refractivity contribution >= 4 is 12.0 Å². The molecule has 2 rings (SSSR count). The second-order valence-corrected chi connectivity index (χ2v) is 4.97. The second-order valence-electron chi connectivity index (χ2n) is 4.97. The summed E-state index contributed by atoms with van der Waals surface area (Å²) in [5, 5.41) is 14.4. The molecule has 1 aliphatic heterocycles. The zero-order valence-corrected chi connectivity index (χ0v) is 12.4. The van der Waals surface area contributed by atoms with Crippen molar-refractivity contribution in [3.8, 4) is 0 Å². The Kier molecular flexibility index (Phi) is 5.74. The highest BCUT2D eigenvalue weighted by Gasteiger charge is 2.29. The topological polar surface area (TPSA) is 96.9 Å². The van der Waals surface area contributed by atoms with E-state index in [4.69, 9.17) is 14.6 Å². The number of aromatic carboxylic acids is 1. The zero-order valence-electron chi connectivity index (χ0n) is 12.4. The van der Waals surface area contributed by atoms with Crippen LogP contribution in [0.5, 0.6) is 0 Å². The normalized spacial score (nSPS) is 20.6. The lowest BCUT2D eigenvalue weighted by atomic mass is 10.1. The van der Waals surface area contributed by atoms with Crippen molar-refractivity contribution in [3.63, 3.8) is 0 Å². The van der Waals surface area contributed by atoms with E-state index in [0.717, 1.165) is 5.56 Å². The third-order valence-corrected chi connectivity index (χ3v) is 3.38. The molecule has 0 unspecified atom stereocenters. The molecule has 0 radical (unpaired) electrons. The molecular formula is C15H20N2O5. The molecule has 1 aliphatic rings. The Balaban J connectivity index is 1.78. The summed E-state index contributed by atoms with van der Waals surface area (Å²) in [6.45, 7) is 3.71. The number of rotatable bonds is 6. The van der Waals surface area contributed by atoms with Crippen LogP contribution in [-0.4, -0.2) is 49.1 Å². The maximum atomic E-state index is 11.9. The van der Waals surface area contributed by atoms with Gasteiger partial charge in [0.2, 0.25) is 0 Å². The van der Waals surface area contributed by atoms with Gasteiger partial charge < -0.3 is 25.2 Å². The van der Waals surface area contributed by atoms with E-state index in [1.807, 2.05) is 6.92 Å². The van der Waals surface area contributed by atoms with Gasteiger partial charge in [-0.05, 0) is 24.6 Å². The Hall–Kier alpha value is -2.12. The van der Waals surface area contributed by atoms with Crippen molar-refractivity contribution in [3.05, 3.63) is 35.4 Å². The number of benzene rings is 1. The Morgan fingerprint density at radius 1 is 1.32 bits per heavy atom. The molecule has 0 saturated carbocycles. The van der Waals surface area contributed by atoms with Crippen LogP contribution in [0.2, 0.25) is 0 Å². The molecule has 0 bridgehead atoms. The molecule has 3 N–H and O–H groups in total. The first-order valence-electron chi connectivity index (χ1n) is 7.16. The summed E-state index contributed by atoms with van der Waals surface area (Å²) < 4.78 is 10.8. The van der Waals surface area contributed by atoms with Crippen molar-refractivity contribution in [2.24, 2.45) is 0 Å². The van der Waals surface area contributed by atoms with Crippen LogP contribution in [0, 0.1) is 0 Å². The number of carboxylic acids is 1. The van der Waals surface area contributed by atoms with Crippen LogP contribution >= 0.6 is 0 Å². The molecule has 1 fully saturated rings. The summed E-state index contributed by atoms with van der Waals surface area (Å²) in [5.41, 5.74) is 1.04. The SMILES string of the molecule is CCO[C@@H]1COC[C@H]1NC(=O)NCc1ccc(C(=O)O)cc1. The van der Waals surface area contributed by atoms with Gasteiger partial charge in [0.1, 0.15) is 6.10 Å². The predicted octanol–water partition coefficient (Wildman–Crippen LogP) is 0.988. The molecule has 0 aromatic heterocycles. The number of nitrogens with one attached hydrogen (secondary N) is 2. The second kappa shape index (κ2) is 7.77. The number of ether oxygens (including phenoxy) is 2. The monoisotopic (exact) mass is 308 g/mol. The van der Waals surface area contributed by atoms with Crippen molar-refractivity contribution in [2.45, 2.75) is 25.6 Å². The third-order valence-electron chi connectivity index (χ3n) is 3.38. The largest absolute Gasteiger partial charge is 0.478 e. The van der Waals surface area contributed by atoms with Crippen LogP contribution in [0.1, 0.15) is 22.8 Å². The number of carboxylic acid groups (broad SMARTS) is 1. The lowest BCUT2D eigenvalue weighted by Crippen LogP contribution is -2.47. The predicted molar refractivity (Wildman–Crippen MR) is 78.8 cm³/mol. The molecule has 1 heterocycles. The lowest BCUT2D eigenvalue weighted by molar-refractivity contribution is 0.0426. The summed E-state index contributed by atoms with van der Waals surface area (Å²) in [5.74, 6) is -0.972. The zero-order chi connectivity index (χ0) is 15.9. The van der Waals surface area contributed by atoms with Crippen LogP contribution < -0.4 is 10.6 Å². The molecule has 2 atom stereocenters. The number of amides is 2. The Bertz CT molecular complexity index is 517. The van der Waals surface area contributed by atoms with Gasteiger partial charge in [-0.15, -0.1) is 0 Å². The summed E-state index contributed by atoms with van der Waals surface area (Å²) >= 11 is 0. The molecule has 22 heavy (non-hydrogen) atoms. The molecular weight excluding hydrogens is 288 g/mol. The van der Waals surface area contributed by atoms with Crippen LogP contribution in [-0.2, 0) is 16.0 Å². The van der Waals surface area contributed by atoms with Crippen molar-refractivity contribution in [1.82, 2.24) is 10.6 Å². The molecule has 0 aliphatic carbocycles. The van der Waals surface area contributed by atoms with Crippen LogP contribution in [0.3, 0.4) is 0 Å². The third kappa shape index (κ3) is 4.44. The van der Waals surface area contributed by atoms with Gasteiger partial charge in [-0.3, -0.25) is 0 Å². The molecule has 7 nitrogen and oxygen atoms in total. The average Bonchev–Trinajstić information content (AvgIpc) is 2.93. The highest BCUT2D eigenvalue weighted by Crippen LogP contribution is 2.09. The summed E-state index contributed by atoms with van der Waals surface area (Å²) in [4.78, 5) is 22.6. The highest BCUT2D eigenvalue weighted by atomic mass is 16.5. The first-order chi connectivity index (χ1) is 10.6. The number of urea groups is 1. The molecule has 2 amide bonds. The standard InChI is InChI=1S/C15H20N2O5/c1-2-22-13-9-21-8-12(13)17-15(20)16-7-10-3-5-11(6-4-10)14(18)19/h3-6,12-13H,2,7-9H2,1H3,(H,18,19)(H2,16,17,20)/t12-,13-/m1/s1. The fourth-order valence-corrected chi connectivity index (χ4v) is 2.21. The van der Waals surface area contributed by atoms with Gasteiger partial charge in [0.15, 0.2) is 0 Å². The number of hydrogen-bond acceptors (Lipinski definition) is 4. The Morgan fingerprint density at radius 2 is 2.05 bits per heavy atom. The van der Waals surface area contributed by atoms with Gasteiger partial charge in [0.25, 0.3) is 0 Å². The molecule has 1 aromatic carbocycles. The lowest BCUT2D eigenvalue weighted by Gasteiger charge is -2.19. The van der Waals surface area contributed by atoms with Crippen molar-refractivity contribution < 1.29 is 24.2 Å². The first kappa shape index (κ1) is 16.3. The van der Waals surface area contributed by atoms with Gasteiger partial charge in [0, 0.05) is 13.2 Å². The van der Waals surface area contributed by atoms with E-state index in [9.17, 15) is 9.59 Å². The quantitative estimate of drug-likeness (QED) is 0.728. The van der Waals surface area contributed by atoms with Gasteiger partial charge in [-0.1, -0.05) is 12.1 Å². The Morgan fingerprint density at radius 3 is 2.68 bits per heavy atom. The molecule has 0 spiro atoms. The van der Waals surface area contributed by atoms with Crippen LogP contribution in [0.25, 0.3) is 0 Å². The van der Waals surface area contributed by atoms with E-state index in [1.54, 1.807) is 12.1 Å². The van der Waals surface area contributed by atoms with Crippen molar-refractivity contribution in [1.29, 1.82) is 0 Å². The summed E-state index contributed by atoms with van der Waals surface area (Å²) in [6, 6.07) is 5.90. The first-order valence-corrected chi connectivity index (χ1v) is 7.16. The Labute approximate surface area is 128 Å². The van der Waals surface area contributed by atoms with Gasteiger partial charge in [-0.2, -0.15) is 0 Å². The van der Waals surface area contributed by atoms with E-state index < -0.39 is 5.97 Å². The van der Waals surface area contributed by atoms with E-state index >= 15 is 0 Å². The fraction of sp³-hybridized carbons (Fsp3) is 0.467. The van der Waals surface area contributed by atoms with E-state index in [0.29, 0.717) is 26.4 Å². The molecule has 120 valence electrons. The number of carbonyl (C=O) groups is 2. The van der Waals surface area contributed by atoms with Gasteiger partial charge in [-0.25, -0.2) is 9.59 Å². The average molecular weight is 308 g/mol. The van der Waals surface area contributed by atoms with E-state index in [1.165, 1.54) is 12.1 Å². The van der Waals surface area contributed by atoms with E-state index in [2.05, 4.69) is 10.6 Å².